The number of rotatable bonds is 4. The number of aromatic nitrogens is 1. The molecule has 1 fully saturated rings. The molecule has 0 atom stereocenters. The molecular weight excluding hydrogens is 351 g/mol. The number of nitrogens with zero attached hydrogens (tertiary/aromatic N) is 2. The van der Waals surface area contributed by atoms with Crippen LogP contribution in [0.1, 0.15) is 23.8 Å². The Morgan fingerprint density at radius 2 is 2.00 bits per heavy atom. The lowest BCUT2D eigenvalue weighted by molar-refractivity contribution is -0.134. The highest BCUT2D eigenvalue weighted by Crippen LogP contribution is 2.33. The molecule has 6 heteroatoms. The van der Waals surface area contributed by atoms with Gasteiger partial charge in [-0.25, -0.2) is 9.37 Å². The average Bonchev–Trinajstić information content (AvgIpc) is 3.10. The molecule has 0 radical (unpaired) electrons. The van der Waals surface area contributed by atoms with E-state index in [1.54, 1.807) is 23.5 Å². The van der Waals surface area contributed by atoms with Gasteiger partial charge in [0.2, 0.25) is 0 Å². The smallest absolute Gasteiger partial charge is 0.260 e. The van der Waals surface area contributed by atoms with E-state index in [1.807, 2.05) is 23.1 Å². The number of carbonyl (C=O) groups excluding carboxylic acids is 1. The molecule has 2 heterocycles. The topological polar surface area (TPSA) is 42.4 Å². The van der Waals surface area contributed by atoms with Crippen molar-refractivity contribution >= 4 is 27.5 Å². The van der Waals surface area contributed by atoms with Gasteiger partial charge in [0.15, 0.2) is 6.61 Å². The summed E-state index contributed by atoms with van der Waals surface area (Å²) in [7, 11) is 0. The summed E-state index contributed by atoms with van der Waals surface area (Å²) in [4.78, 5) is 18.9. The maximum Gasteiger partial charge on any atom is 0.260 e. The van der Waals surface area contributed by atoms with Crippen LogP contribution in [0.2, 0.25) is 0 Å². The number of carbonyl (C=O) groups is 1. The Kier molecular flexibility index (Phi) is 4.84. The zero-order valence-electron chi connectivity index (χ0n) is 14.2. The van der Waals surface area contributed by atoms with Gasteiger partial charge in [0, 0.05) is 25.1 Å². The zero-order valence-corrected chi connectivity index (χ0v) is 15.0. The average molecular weight is 370 g/mol. The fourth-order valence-corrected chi connectivity index (χ4v) is 4.37. The first-order valence-corrected chi connectivity index (χ1v) is 9.52. The van der Waals surface area contributed by atoms with E-state index in [9.17, 15) is 9.18 Å². The van der Waals surface area contributed by atoms with Gasteiger partial charge in [-0.1, -0.05) is 18.2 Å². The lowest BCUT2D eigenvalue weighted by Gasteiger charge is -2.31. The molecule has 1 aliphatic rings. The number of ether oxygens (including phenoxy) is 1. The molecular formula is C20H19FN2O2S. The third kappa shape index (κ3) is 3.70. The molecule has 26 heavy (non-hydrogen) atoms. The van der Waals surface area contributed by atoms with Crippen LogP contribution < -0.4 is 4.74 Å². The minimum absolute atomic E-state index is 0.0583. The van der Waals surface area contributed by atoms with Gasteiger partial charge in [0.05, 0.1) is 15.2 Å². The molecule has 1 aromatic heterocycles. The summed E-state index contributed by atoms with van der Waals surface area (Å²) >= 11 is 1.75. The molecule has 1 aliphatic heterocycles. The van der Waals surface area contributed by atoms with E-state index in [-0.39, 0.29) is 18.3 Å². The van der Waals surface area contributed by atoms with Gasteiger partial charge in [-0.3, -0.25) is 4.79 Å². The first kappa shape index (κ1) is 17.0. The van der Waals surface area contributed by atoms with Gasteiger partial charge >= 0.3 is 0 Å². The Morgan fingerprint density at radius 1 is 1.19 bits per heavy atom. The molecule has 2 aromatic carbocycles. The summed E-state index contributed by atoms with van der Waals surface area (Å²) in [5, 5.41) is 1.16. The fraction of sp³-hybridized carbons (Fsp3) is 0.300. The Balaban J connectivity index is 1.32. The number of likely N-dealkylation sites (tertiary alicyclic amines) is 1. The van der Waals surface area contributed by atoms with Crippen molar-refractivity contribution in [3.8, 4) is 5.75 Å². The second-order valence-corrected chi connectivity index (χ2v) is 7.48. The SMILES string of the molecule is O=C(COc1cccc(F)c1)N1CCC(c2nc3ccccc3s2)CC1. The second kappa shape index (κ2) is 7.41. The van der Waals surface area contributed by atoms with Crippen molar-refractivity contribution in [2.24, 2.45) is 0 Å². The summed E-state index contributed by atoms with van der Waals surface area (Å²) in [6, 6.07) is 14.0. The highest BCUT2D eigenvalue weighted by Gasteiger charge is 2.26. The van der Waals surface area contributed by atoms with Crippen LogP contribution in [0.15, 0.2) is 48.5 Å². The Labute approximate surface area is 155 Å². The molecule has 0 spiro atoms. The molecule has 1 saturated heterocycles. The number of hydrogen-bond acceptors (Lipinski definition) is 4. The lowest BCUT2D eigenvalue weighted by atomic mass is 9.97. The van der Waals surface area contributed by atoms with E-state index in [4.69, 9.17) is 9.72 Å². The van der Waals surface area contributed by atoms with Crippen LogP contribution >= 0.6 is 11.3 Å². The Morgan fingerprint density at radius 3 is 2.77 bits per heavy atom. The largest absolute Gasteiger partial charge is 0.484 e. The van der Waals surface area contributed by atoms with Gasteiger partial charge < -0.3 is 9.64 Å². The molecule has 0 unspecified atom stereocenters. The molecule has 0 aliphatic carbocycles. The number of hydrogen-bond donors (Lipinski definition) is 0. The van der Waals surface area contributed by atoms with Gasteiger partial charge in [-0.2, -0.15) is 0 Å². The predicted octanol–water partition coefficient (Wildman–Crippen LogP) is 4.22. The standard InChI is InChI=1S/C20H19FN2O2S/c21-15-4-3-5-16(12-15)25-13-19(24)23-10-8-14(9-11-23)20-22-17-6-1-2-7-18(17)26-20/h1-7,12,14H,8-11,13H2. The van der Waals surface area contributed by atoms with E-state index in [1.165, 1.54) is 16.8 Å². The fourth-order valence-electron chi connectivity index (χ4n) is 3.23. The summed E-state index contributed by atoms with van der Waals surface area (Å²) in [5.41, 5.74) is 1.05. The van der Waals surface area contributed by atoms with E-state index in [0.29, 0.717) is 24.8 Å². The highest BCUT2D eigenvalue weighted by atomic mass is 32.1. The van der Waals surface area contributed by atoms with Crippen molar-refractivity contribution in [2.75, 3.05) is 19.7 Å². The molecule has 0 saturated carbocycles. The van der Waals surface area contributed by atoms with Crippen LogP contribution in [0.3, 0.4) is 0 Å². The van der Waals surface area contributed by atoms with Crippen LogP contribution in [-0.2, 0) is 4.79 Å². The van der Waals surface area contributed by atoms with Crippen molar-refractivity contribution < 1.29 is 13.9 Å². The van der Waals surface area contributed by atoms with E-state index in [2.05, 4.69) is 6.07 Å². The number of amides is 1. The van der Waals surface area contributed by atoms with Crippen LogP contribution in [0, 0.1) is 5.82 Å². The maximum absolute atomic E-state index is 13.1. The molecule has 0 bridgehead atoms. The maximum atomic E-state index is 13.1. The molecule has 4 nitrogen and oxygen atoms in total. The minimum atomic E-state index is -0.369. The van der Waals surface area contributed by atoms with Crippen LogP contribution in [0.4, 0.5) is 4.39 Å². The lowest BCUT2D eigenvalue weighted by Crippen LogP contribution is -2.40. The summed E-state index contributed by atoms with van der Waals surface area (Å²) in [6.45, 7) is 1.34. The van der Waals surface area contributed by atoms with Crippen LogP contribution in [-0.4, -0.2) is 35.5 Å². The number of thiazole rings is 1. The molecule has 0 N–H and O–H groups in total. The van der Waals surface area contributed by atoms with Crippen molar-refractivity contribution in [1.82, 2.24) is 9.88 Å². The van der Waals surface area contributed by atoms with Gasteiger partial charge in [-0.05, 0) is 37.1 Å². The number of para-hydroxylation sites is 1. The van der Waals surface area contributed by atoms with E-state index < -0.39 is 0 Å². The zero-order chi connectivity index (χ0) is 17.9. The van der Waals surface area contributed by atoms with E-state index >= 15 is 0 Å². The van der Waals surface area contributed by atoms with Crippen LogP contribution in [0.5, 0.6) is 5.75 Å². The summed E-state index contributed by atoms with van der Waals surface area (Å²) < 4.78 is 19.8. The number of fused-ring (bicyclic) bond motifs is 1. The molecule has 134 valence electrons. The third-order valence-corrected chi connectivity index (χ3v) is 5.86. The number of halogens is 1. The molecule has 4 rings (SSSR count). The second-order valence-electron chi connectivity index (χ2n) is 6.42. The first-order chi connectivity index (χ1) is 12.7. The van der Waals surface area contributed by atoms with Gasteiger partial charge in [0.1, 0.15) is 11.6 Å². The monoisotopic (exact) mass is 370 g/mol. The van der Waals surface area contributed by atoms with Crippen molar-refractivity contribution in [3.05, 3.63) is 59.4 Å². The van der Waals surface area contributed by atoms with Gasteiger partial charge in [0.25, 0.3) is 5.91 Å². The molecule has 3 aromatic rings. The highest BCUT2D eigenvalue weighted by molar-refractivity contribution is 7.18. The Bertz CT molecular complexity index is 886. The summed E-state index contributed by atoms with van der Waals surface area (Å²) in [5.74, 6) is 0.354. The third-order valence-electron chi connectivity index (χ3n) is 4.67. The predicted molar refractivity (Wildman–Crippen MR) is 100 cm³/mol. The number of benzene rings is 2. The van der Waals surface area contributed by atoms with Crippen molar-refractivity contribution in [1.29, 1.82) is 0 Å². The normalized spacial score (nSPS) is 15.3. The van der Waals surface area contributed by atoms with Crippen molar-refractivity contribution in [3.63, 3.8) is 0 Å². The van der Waals surface area contributed by atoms with Crippen LogP contribution in [0.25, 0.3) is 10.2 Å². The van der Waals surface area contributed by atoms with Crippen molar-refractivity contribution in [2.45, 2.75) is 18.8 Å². The molecule has 1 amide bonds. The van der Waals surface area contributed by atoms with Gasteiger partial charge in [-0.15, -0.1) is 11.3 Å². The summed E-state index contributed by atoms with van der Waals surface area (Å²) in [6.07, 6.45) is 1.82. The van der Waals surface area contributed by atoms with E-state index in [0.717, 1.165) is 23.4 Å². The minimum Gasteiger partial charge on any atom is -0.484 e. The Hall–Kier alpha value is -2.47. The number of piperidine rings is 1. The quantitative estimate of drug-likeness (QED) is 0.691. The first-order valence-electron chi connectivity index (χ1n) is 8.70.